The smallest absolute Gasteiger partial charge is 0.329 e. The summed E-state index contributed by atoms with van der Waals surface area (Å²) in [5, 5.41) is 5.16. The van der Waals surface area contributed by atoms with Crippen molar-refractivity contribution in [3.05, 3.63) is 41.9 Å². The van der Waals surface area contributed by atoms with E-state index in [4.69, 9.17) is 4.74 Å². The van der Waals surface area contributed by atoms with Crippen LogP contribution in [-0.4, -0.2) is 46.3 Å². The van der Waals surface area contributed by atoms with Crippen LogP contribution in [0.5, 0.6) is 11.5 Å². The number of nitrogens with one attached hydrogen (secondary N) is 2. The van der Waals surface area contributed by atoms with Gasteiger partial charge in [-0.3, -0.25) is 24.8 Å². The van der Waals surface area contributed by atoms with Crippen LogP contribution >= 0.6 is 0 Å². The molecule has 0 aromatic carbocycles. The molecule has 9 heteroatoms. The maximum atomic E-state index is 12.4. The minimum atomic E-state index is -0.531. The molecule has 2 aromatic rings. The van der Waals surface area contributed by atoms with Crippen molar-refractivity contribution in [2.75, 3.05) is 18.9 Å². The molecular formula is C20H23N5O4. The third-order valence-corrected chi connectivity index (χ3v) is 4.72. The van der Waals surface area contributed by atoms with Crippen molar-refractivity contribution in [1.82, 2.24) is 20.2 Å². The third kappa shape index (κ3) is 4.34. The fourth-order valence-electron chi connectivity index (χ4n) is 2.92. The van der Waals surface area contributed by atoms with Gasteiger partial charge in [0.15, 0.2) is 0 Å². The second-order valence-electron chi connectivity index (χ2n) is 7.36. The lowest BCUT2D eigenvalue weighted by Gasteiger charge is -2.18. The van der Waals surface area contributed by atoms with Gasteiger partial charge in [-0.05, 0) is 31.5 Å². The van der Waals surface area contributed by atoms with Gasteiger partial charge in [-0.2, -0.15) is 0 Å². The summed E-state index contributed by atoms with van der Waals surface area (Å²) in [6.07, 6.45) is 2.11. The zero-order valence-electron chi connectivity index (χ0n) is 16.8. The van der Waals surface area contributed by atoms with Crippen LogP contribution in [0.25, 0.3) is 0 Å². The van der Waals surface area contributed by atoms with Crippen molar-refractivity contribution in [2.24, 2.45) is 5.41 Å². The van der Waals surface area contributed by atoms with Gasteiger partial charge in [0.05, 0.1) is 5.69 Å². The van der Waals surface area contributed by atoms with E-state index in [0.29, 0.717) is 36.0 Å². The Bertz CT molecular complexity index is 973. The van der Waals surface area contributed by atoms with E-state index in [1.807, 2.05) is 13.8 Å². The highest BCUT2D eigenvalue weighted by Gasteiger charge is 2.41. The van der Waals surface area contributed by atoms with Crippen LogP contribution in [0.3, 0.4) is 0 Å². The number of aromatic nitrogens is 2. The molecule has 0 saturated carbocycles. The fourth-order valence-corrected chi connectivity index (χ4v) is 2.92. The Hall–Kier alpha value is -3.49. The van der Waals surface area contributed by atoms with Gasteiger partial charge in [-0.15, -0.1) is 0 Å². The van der Waals surface area contributed by atoms with Crippen LogP contribution in [-0.2, 0) is 4.79 Å². The number of hydrogen-bond donors (Lipinski definition) is 2. The lowest BCUT2D eigenvalue weighted by atomic mass is 9.92. The Balaban J connectivity index is 1.70. The molecular weight excluding hydrogens is 374 g/mol. The minimum Gasteiger partial charge on any atom is -0.455 e. The number of aryl methyl sites for hydroxylation is 1. The minimum absolute atomic E-state index is 0.198. The average molecular weight is 397 g/mol. The van der Waals surface area contributed by atoms with Gasteiger partial charge in [-0.1, -0.05) is 13.8 Å². The maximum Gasteiger partial charge on any atom is 0.329 e. The molecule has 1 fully saturated rings. The van der Waals surface area contributed by atoms with E-state index in [-0.39, 0.29) is 17.5 Å². The van der Waals surface area contributed by atoms with E-state index in [0.717, 1.165) is 0 Å². The highest BCUT2D eigenvalue weighted by atomic mass is 16.5. The molecule has 0 bridgehead atoms. The summed E-state index contributed by atoms with van der Waals surface area (Å²) in [4.78, 5) is 45.9. The van der Waals surface area contributed by atoms with Gasteiger partial charge < -0.3 is 10.1 Å². The van der Waals surface area contributed by atoms with Gasteiger partial charge in [0.2, 0.25) is 5.91 Å². The molecule has 0 spiro atoms. The zero-order valence-corrected chi connectivity index (χ0v) is 16.8. The van der Waals surface area contributed by atoms with E-state index in [1.54, 1.807) is 25.1 Å². The van der Waals surface area contributed by atoms with E-state index in [2.05, 4.69) is 20.6 Å². The first-order valence-electron chi connectivity index (χ1n) is 9.18. The number of urea groups is 1. The Morgan fingerprint density at radius 1 is 1.24 bits per heavy atom. The number of imide groups is 1. The van der Waals surface area contributed by atoms with E-state index < -0.39 is 11.4 Å². The number of rotatable bonds is 4. The van der Waals surface area contributed by atoms with Crippen LogP contribution in [0, 0.1) is 12.3 Å². The van der Waals surface area contributed by atoms with Crippen molar-refractivity contribution < 1.29 is 19.1 Å². The Kier molecular flexibility index (Phi) is 5.49. The van der Waals surface area contributed by atoms with Gasteiger partial charge in [0.1, 0.15) is 23.0 Å². The van der Waals surface area contributed by atoms with Gasteiger partial charge in [-0.25, -0.2) is 9.78 Å². The topological polar surface area (TPSA) is 114 Å². The van der Waals surface area contributed by atoms with Crippen LogP contribution < -0.4 is 15.4 Å². The first kappa shape index (κ1) is 20.2. The standard InChI is InChI=1S/C20H23N5O4/c1-12-15(29-13-7-9-22-14(11-13)17(26)21-4)5-6-16(23-12)24-19(28)25-10-8-20(2,3)18(25)27/h5-7,9,11H,8,10H2,1-4H3,(H,21,26)(H,23,24,28). The SMILES string of the molecule is CNC(=O)c1cc(Oc2ccc(NC(=O)N3CCC(C)(C)C3=O)nc2C)ccn1. The van der Waals surface area contributed by atoms with E-state index >= 15 is 0 Å². The molecule has 29 heavy (non-hydrogen) atoms. The van der Waals surface area contributed by atoms with Crippen LogP contribution in [0.4, 0.5) is 10.6 Å². The number of anilines is 1. The maximum absolute atomic E-state index is 12.4. The van der Waals surface area contributed by atoms with Gasteiger partial charge in [0.25, 0.3) is 5.91 Å². The predicted molar refractivity (Wildman–Crippen MR) is 106 cm³/mol. The molecule has 0 radical (unpaired) electrons. The number of hydrogen-bond acceptors (Lipinski definition) is 6. The van der Waals surface area contributed by atoms with E-state index in [1.165, 1.54) is 24.2 Å². The third-order valence-electron chi connectivity index (χ3n) is 4.72. The second-order valence-corrected chi connectivity index (χ2v) is 7.36. The Labute approximate surface area is 168 Å². The van der Waals surface area contributed by atoms with Gasteiger partial charge >= 0.3 is 6.03 Å². The molecule has 152 valence electrons. The van der Waals surface area contributed by atoms with Crippen molar-refractivity contribution in [3.63, 3.8) is 0 Å². The number of carbonyl (C=O) groups is 3. The Morgan fingerprint density at radius 3 is 2.62 bits per heavy atom. The average Bonchev–Trinajstić information content (AvgIpc) is 2.96. The normalized spacial score (nSPS) is 15.2. The molecule has 2 N–H and O–H groups in total. The van der Waals surface area contributed by atoms with Crippen molar-refractivity contribution >= 4 is 23.7 Å². The molecule has 0 aliphatic carbocycles. The lowest BCUT2D eigenvalue weighted by molar-refractivity contribution is -0.131. The highest BCUT2D eigenvalue weighted by molar-refractivity contribution is 6.03. The molecule has 3 heterocycles. The number of carbonyl (C=O) groups excluding carboxylic acids is 3. The van der Waals surface area contributed by atoms with Crippen LogP contribution in [0.15, 0.2) is 30.5 Å². The number of likely N-dealkylation sites (tertiary alicyclic amines) is 1. The summed E-state index contributed by atoms with van der Waals surface area (Å²) in [6, 6.07) is 5.91. The molecule has 4 amide bonds. The van der Waals surface area contributed by atoms with Crippen LogP contribution in [0.2, 0.25) is 0 Å². The molecule has 0 atom stereocenters. The quantitative estimate of drug-likeness (QED) is 0.820. The molecule has 2 aromatic heterocycles. The summed E-state index contributed by atoms with van der Waals surface area (Å²) in [7, 11) is 1.52. The van der Waals surface area contributed by atoms with Crippen molar-refractivity contribution in [2.45, 2.75) is 27.2 Å². The number of ether oxygens (including phenoxy) is 1. The van der Waals surface area contributed by atoms with E-state index in [9.17, 15) is 14.4 Å². The second kappa shape index (κ2) is 7.86. The molecule has 1 aliphatic heterocycles. The zero-order chi connectivity index (χ0) is 21.2. The van der Waals surface area contributed by atoms with Crippen LogP contribution in [0.1, 0.15) is 36.5 Å². The molecule has 3 rings (SSSR count). The summed E-state index contributed by atoms with van der Waals surface area (Å²) < 4.78 is 5.79. The van der Waals surface area contributed by atoms with Crippen molar-refractivity contribution in [1.29, 1.82) is 0 Å². The summed E-state index contributed by atoms with van der Waals surface area (Å²) in [5.74, 6) is 0.707. The summed E-state index contributed by atoms with van der Waals surface area (Å²) >= 11 is 0. The predicted octanol–water partition coefficient (Wildman–Crippen LogP) is 2.73. The summed E-state index contributed by atoms with van der Waals surface area (Å²) in [5.41, 5.74) is 0.239. The molecule has 1 saturated heterocycles. The Morgan fingerprint density at radius 2 is 2.00 bits per heavy atom. The first-order chi connectivity index (χ1) is 13.7. The summed E-state index contributed by atoms with van der Waals surface area (Å²) in [6.45, 7) is 5.76. The highest BCUT2D eigenvalue weighted by Crippen LogP contribution is 2.31. The van der Waals surface area contributed by atoms with Gasteiger partial charge in [0, 0.05) is 31.3 Å². The fraction of sp³-hybridized carbons (Fsp3) is 0.350. The number of amides is 4. The van der Waals surface area contributed by atoms with Crippen molar-refractivity contribution in [3.8, 4) is 11.5 Å². The first-order valence-corrected chi connectivity index (χ1v) is 9.18. The number of pyridine rings is 2. The number of nitrogens with zero attached hydrogens (tertiary/aromatic N) is 3. The lowest BCUT2D eigenvalue weighted by Crippen LogP contribution is -2.39. The monoisotopic (exact) mass is 397 g/mol. The molecule has 1 aliphatic rings. The molecule has 0 unspecified atom stereocenters. The molecule has 9 nitrogen and oxygen atoms in total. The largest absolute Gasteiger partial charge is 0.455 e.